The van der Waals surface area contributed by atoms with E-state index in [0.717, 1.165) is 45.8 Å². The predicted molar refractivity (Wildman–Crippen MR) is 86.6 cm³/mol. The lowest BCUT2D eigenvalue weighted by molar-refractivity contribution is 0.0398. The Morgan fingerprint density at radius 1 is 1.30 bits per heavy atom. The van der Waals surface area contributed by atoms with Gasteiger partial charge in [-0.3, -0.25) is 9.69 Å². The zero-order chi connectivity index (χ0) is 16.3. The molecule has 8 heteroatoms. The van der Waals surface area contributed by atoms with Crippen molar-refractivity contribution in [2.75, 3.05) is 65.0 Å². The first kappa shape index (κ1) is 17.6. The molecule has 128 valence electrons. The van der Waals surface area contributed by atoms with Gasteiger partial charge in [-0.15, -0.1) is 0 Å². The Kier molecular flexibility index (Phi) is 7.71. The maximum absolute atomic E-state index is 11.9. The molecule has 1 aliphatic rings. The lowest BCUT2D eigenvalue weighted by Gasteiger charge is -2.26. The number of morpholine rings is 1. The SMILES string of the molecule is COCCCNC(=O)c1cnc(NCCN2CCOCC2)nc1. The lowest BCUT2D eigenvalue weighted by Crippen LogP contribution is -2.39. The molecular weight excluding hydrogens is 298 g/mol. The highest BCUT2D eigenvalue weighted by molar-refractivity contribution is 5.93. The smallest absolute Gasteiger partial charge is 0.254 e. The van der Waals surface area contributed by atoms with Crippen LogP contribution < -0.4 is 10.6 Å². The maximum atomic E-state index is 11.9. The molecule has 1 fully saturated rings. The number of nitrogens with one attached hydrogen (secondary N) is 2. The Morgan fingerprint density at radius 3 is 2.74 bits per heavy atom. The molecular formula is C15H25N5O3. The number of methoxy groups -OCH3 is 1. The van der Waals surface area contributed by atoms with Crippen LogP contribution in [-0.2, 0) is 9.47 Å². The molecule has 23 heavy (non-hydrogen) atoms. The third-order valence-corrected chi connectivity index (χ3v) is 3.54. The quantitative estimate of drug-likeness (QED) is 0.618. The van der Waals surface area contributed by atoms with Crippen LogP contribution in [0.15, 0.2) is 12.4 Å². The molecule has 0 atom stereocenters. The van der Waals surface area contributed by atoms with Crippen molar-refractivity contribution < 1.29 is 14.3 Å². The molecule has 0 saturated carbocycles. The molecule has 8 nitrogen and oxygen atoms in total. The van der Waals surface area contributed by atoms with Crippen LogP contribution in [-0.4, -0.2) is 80.4 Å². The second-order valence-corrected chi connectivity index (χ2v) is 5.28. The maximum Gasteiger partial charge on any atom is 0.254 e. The van der Waals surface area contributed by atoms with E-state index < -0.39 is 0 Å². The molecule has 1 aliphatic heterocycles. The molecule has 1 saturated heterocycles. The fourth-order valence-electron chi connectivity index (χ4n) is 2.21. The van der Waals surface area contributed by atoms with Crippen LogP contribution in [0.1, 0.15) is 16.8 Å². The Morgan fingerprint density at radius 2 is 2.04 bits per heavy atom. The Bertz CT molecular complexity index is 463. The lowest BCUT2D eigenvalue weighted by atomic mass is 10.3. The highest BCUT2D eigenvalue weighted by Crippen LogP contribution is 2.01. The van der Waals surface area contributed by atoms with Gasteiger partial charge in [0.2, 0.25) is 5.95 Å². The minimum Gasteiger partial charge on any atom is -0.385 e. The molecule has 2 N–H and O–H groups in total. The van der Waals surface area contributed by atoms with Crippen LogP contribution in [0.4, 0.5) is 5.95 Å². The number of ether oxygens (including phenoxy) is 2. The summed E-state index contributed by atoms with van der Waals surface area (Å²) in [4.78, 5) is 22.6. The molecule has 1 aromatic heterocycles. The normalized spacial score (nSPS) is 15.3. The molecule has 2 heterocycles. The standard InChI is InChI=1S/C15H25N5O3/c1-22-8-2-3-16-14(21)13-11-18-15(19-12-13)17-4-5-20-6-9-23-10-7-20/h11-12H,2-10H2,1H3,(H,16,21)(H,17,18,19). The van der Waals surface area contributed by atoms with Crippen molar-refractivity contribution in [3.05, 3.63) is 18.0 Å². The van der Waals surface area contributed by atoms with Gasteiger partial charge in [-0.2, -0.15) is 0 Å². The number of anilines is 1. The van der Waals surface area contributed by atoms with Crippen LogP contribution in [0, 0.1) is 0 Å². The summed E-state index contributed by atoms with van der Waals surface area (Å²) in [6, 6.07) is 0. The summed E-state index contributed by atoms with van der Waals surface area (Å²) < 4.78 is 10.2. The number of hydrogen-bond acceptors (Lipinski definition) is 7. The van der Waals surface area contributed by atoms with Gasteiger partial charge in [-0.1, -0.05) is 0 Å². The van der Waals surface area contributed by atoms with Crippen LogP contribution in [0.3, 0.4) is 0 Å². The summed E-state index contributed by atoms with van der Waals surface area (Å²) in [7, 11) is 1.64. The van der Waals surface area contributed by atoms with E-state index in [1.165, 1.54) is 12.4 Å². The van der Waals surface area contributed by atoms with Gasteiger partial charge in [0.05, 0.1) is 18.8 Å². The Hall–Kier alpha value is -1.77. The zero-order valence-corrected chi connectivity index (χ0v) is 13.6. The van der Waals surface area contributed by atoms with Gasteiger partial charge in [0.25, 0.3) is 5.91 Å². The molecule has 0 radical (unpaired) electrons. The second kappa shape index (κ2) is 10.1. The molecule has 2 rings (SSSR count). The van der Waals surface area contributed by atoms with E-state index in [0.29, 0.717) is 24.7 Å². The summed E-state index contributed by atoms with van der Waals surface area (Å²) in [6.45, 7) is 6.41. The van der Waals surface area contributed by atoms with Crippen molar-refractivity contribution >= 4 is 11.9 Å². The first-order valence-corrected chi connectivity index (χ1v) is 7.93. The van der Waals surface area contributed by atoms with E-state index in [1.807, 2.05) is 0 Å². The summed E-state index contributed by atoms with van der Waals surface area (Å²) in [5, 5.41) is 5.97. The number of carbonyl (C=O) groups excluding carboxylic acids is 1. The zero-order valence-electron chi connectivity index (χ0n) is 13.6. The average Bonchev–Trinajstić information content (AvgIpc) is 2.60. The van der Waals surface area contributed by atoms with E-state index >= 15 is 0 Å². The van der Waals surface area contributed by atoms with Gasteiger partial charge in [0, 0.05) is 58.8 Å². The summed E-state index contributed by atoms with van der Waals surface area (Å²) >= 11 is 0. The first-order chi connectivity index (χ1) is 11.3. The number of amides is 1. The number of aromatic nitrogens is 2. The predicted octanol–water partition coefficient (Wildman–Crippen LogP) is -0.0130. The van der Waals surface area contributed by atoms with Gasteiger partial charge in [-0.25, -0.2) is 9.97 Å². The van der Waals surface area contributed by atoms with Crippen LogP contribution >= 0.6 is 0 Å². The van der Waals surface area contributed by atoms with Crippen molar-refractivity contribution in [1.29, 1.82) is 0 Å². The molecule has 1 aromatic rings. The van der Waals surface area contributed by atoms with E-state index in [2.05, 4.69) is 25.5 Å². The summed E-state index contributed by atoms with van der Waals surface area (Å²) in [5.41, 5.74) is 0.459. The van der Waals surface area contributed by atoms with Crippen molar-refractivity contribution in [3.8, 4) is 0 Å². The van der Waals surface area contributed by atoms with E-state index in [-0.39, 0.29) is 5.91 Å². The molecule has 0 unspecified atom stereocenters. The average molecular weight is 323 g/mol. The fraction of sp³-hybridized carbons (Fsp3) is 0.667. The van der Waals surface area contributed by atoms with E-state index in [4.69, 9.17) is 9.47 Å². The highest BCUT2D eigenvalue weighted by Gasteiger charge is 2.10. The summed E-state index contributed by atoms with van der Waals surface area (Å²) in [6.07, 6.45) is 3.86. The fourth-order valence-corrected chi connectivity index (χ4v) is 2.21. The van der Waals surface area contributed by atoms with Gasteiger partial charge >= 0.3 is 0 Å². The van der Waals surface area contributed by atoms with Crippen LogP contribution in [0.2, 0.25) is 0 Å². The monoisotopic (exact) mass is 323 g/mol. The number of nitrogens with zero attached hydrogens (tertiary/aromatic N) is 3. The van der Waals surface area contributed by atoms with Crippen LogP contribution in [0.25, 0.3) is 0 Å². The van der Waals surface area contributed by atoms with E-state index in [9.17, 15) is 4.79 Å². The van der Waals surface area contributed by atoms with Crippen molar-refractivity contribution in [2.24, 2.45) is 0 Å². The highest BCUT2D eigenvalue weighted by atomic mass is 16.5. The largest absolute Gasteiger partial charge is 0.385 e. The van der Waals surface area contributed by atoms with Crippen molar-refractivity contribution in [1.82, 2.24) is 20.2 Å². The number of hydrogen-bond donors (Lipinski definition) is 2. The molecule has 0 spiro atoms. The second-order valence-electron chi connectivity index (χ2n) is 5.28. The Balaban J connectivity index is 1.67. The molecule has 0 aromatic carbocycles. The third-order valence-electron chi connectivity index (χ3n) is 3.54. The van der Waals surface area contributed by atoms with Crippen molar-refractivity contribution in [3.63, 3.8) is 0 Å². The van der Waals surface area contributed by atoms with Gasteiger partial charge in [-0.05, 0) is 6.42 Å². The van der Waals surface area contributed by atoms with Gasteiger partial charge < -0.3 is 20.1 Å². The van der Waals surface area contributed by atoms with Crippen LogP contribution in [0.5, 0.6) is 0 Å². The summed E-state index contributed by atoms with van der Waals surface area (Å²) in [5.74, 6) is 0.371. The van der Waals surface area contributed by atoms with Crippen molar-refractivity contribution in [2.45, 2.75) is 6.42 Å². The number of rotatable bonds is 9. The van der Waals surface area contributed by atoms with Gasteiger partial charge in [0.1, 0.15) is 0 Å². The number of carbonyl (C=O) groups is 1. The molecule has 0 aliphatic carbocycles. The first-order valence-electron chi connectivity index (χ1n) is 7.93. The Labute approximate surface area is 136 Å². The third kappa shape index (κ3) is 6.47. The molecule has 1 amide bonds. The minimum absolute atomic E-state index is 0.166. The minimum atomic E-state index is -0.166. The topological polar surface area (TPSA) is 88.6 Å². The molecule has 0 bridgehead atoms. The van der Waals surface area contributed by atoms with Gasteiger partial charge in [0.15, 0.2) is 0 Å². The van der Waals surface area contributed by atoms with E-state index in [1.54, 1.807) is 7.11 Å².